The highest BCUT2D eigenvalue weighted by Gasteiger charge is 2.38. The van der Waals surface area contributed by atoms with E-state index in [1.807, 2.05) is 18.7 Å². The van der Waals surface area contributed by atoms with E-state index in [4.69, 9.17) is 9.47 Å². The van der Waals surface area contributed by atoms with Crippen LogP contribution in [0.15, 0.2) is 18.2 Å². The van der Waals surface area contributed by atoms with Crippen molar-refractivity contribution in [2.45, 2.75) is 52.0 Å². The molecule has 0 aliphatic carbocycles. The number of carbonyl (C=O) groups excluding carboxylic acids is 3. The van der Waals surface area contributed by atoms with Gasteiger partial charge in [-0.1, -0.05) is 20.3 Å². The Balaban J connectivity index is 1.70. The number of likely N-dealkylation sites (tertiary alicyclic amines) is 1. The highest BCUT2D eigenvalue weighted by molar-refractivity contribution is 6.01. The molecule has 0 radical (unpaired) electrons. The van der Waals surface area contributed by atoms with Gasteiger partial charge < -0.3 is 24.6 Å². The number of carbonyl (C=O) groups is 3. The second-order valence-corrected chi connectivity index (χ2v) is 8.70. The third-order valence-electron chi connectivity index (χ3n) is 6.62. The molecule has 2 aliphatic rings. The van der Waals surface area contributed by atoms with E-state index in [0.29, 0.717) is 17.2 Å². The lowest BCUT2D eigenvalue weighted by Crippen LogP contribution is -2.54. The minimum Gasteiger partial charge on any atom is -0.493 e. The van der Waals surface area contributed by atoms with Crippen molar-refractivity contribution >= 4 is 23.4 Å². The standard InChI is InChI=1S/C24H35N3O5/c1-5-16(2)22(24(30)26-11-7-6-8-12-26)25-23(29)17-13-21(28)27(15-17)18-9-10-19(31-3)20(14-18)32-4/h9-10,14,16-17,22H,5-8,11-13,15H2,1-4H3,(H,25,29). The quantitative estimate of drug-likeness (QED) is 0.665. The van der Waals surface area contributed by atoms with Crippen molar-refractivity contribution in [2.24, 2.45) is 11.8 Å². The molecule has 1 aromatic carbocycles. The third kappa shape index (κ3) is 5.16. The molecule has 3 atom stereocenters. The van der Waals surface area contributed by atoms with E-state index in [-0.39, 0.29) is 36.6 Å². The number of nitrogens with one attached hydrogen (secondary N) is 1. The number of benzene rings is 1. The number of hydrogen-bond acceptors (Lipinski definition) is 5. The van der Waals surface area contributed by atoms with Crippen LogP contribution in [0.3, 0.4) is 0 Å². The molecule has 3 amide bonds. The first kappa shape index (κ1) is 23.9. The van der Waals surface area contributed by atoms with Crippen LogP contribution in [0.4, 0.5) is 5.69 Å². The second kappa shape index (κ2) is 10.7. The first-order chi connectivity index (χ1) is 15.4. The molecule has 176 valence electrons. The molecule has 3 unspecified atom stereocenters. The maximum Gasteiger partial charge on any atom is 0.245 e. The van der Waals surface area contributed by atoms with Gasteiger partial charge in [-0.2, -0.15) is 0 Å². The molecule has 32 heavy (non-hydrogen) atoms. The number of hydrogen-bond donors (Lipinski definition) is 1. The lowest BCUT2D eigenvalue weighted by atomic mass is 9.95. The van der Waals surface area contributed by atoms with Gasteiger partial charge >= 0.3 is 0 Å². The molecule has 0 spiro atoms. The van der Waals surface area contributed by atoms with Gasteiger partial charge in [-0.15, -0.1) is 0 Å². The molecule has 0 bridgehead atoms. The zero-order valence-electron chi connectivity index (χ0n) is 19.6. The van der Waals surface area contributed by atoms with Crippen LogP contribution in [0.25, 0.3) is 0 Å². The number of ether oxygens (including phenoxy) is 2. The van der Waals surface area contributed by atoms with Crippen LogP contribution in [0.1, 0.15) is 46.0 Å². The summed E-state index contributed by atoms with van der Waals surface area (Å²) in [5.41, 5.74) is 0.658. The van der Waals surface area contributed by atoms with Crippen LogP contribution in [-0.2, 0) is 14.4 Å². The summed E-state index contributed by atoms with van der Waals surface area (Å²) < 4.78 is 10.6. The Kier molecular flexibility index (Phi) is 7.99. The summed E-state index contributed by atoms with van der Waals surface area (Å²) >= 11 is 0. The number of methoxy groups -OCH3 is 2. The number of nitrogens with zero attached hydrogens (tertiary/aromatic N) is 2. The first-order valence-electron chi connectivity index (χ1n) is 11.5. The lowest BCUT2D eigenvalue weighted by molar-refractivity contribution is -0.139. The van der Waals surface area contributed by atoms with E-state index in [2.05, 4.69) is 5.32 Å². The minimum atomic E-state index is -0.559. The van der Waals surface area contributed by atoms with Crippen molar-refractivity contribution in [2.75, 3.05) is 38.8 Å². The molecule has 2 aliphatic heterocycles. The summed E-state index contributed by atoms with van der Waals surface area (Å²) in [6.45, 7) is 5.77. The fraction of sp³-hybridized carbons (Fsp3) is 0.625. The number of rotatable bonds is 8. The topological polar surface area (TPSA) is 88.2 Å². The van der Waals surface area contributed by atoms with E-state index in [1.54, 1.807) is 30.2 Å². The molecular weight excluding hydrogens is 410 g/mol. The van der Waals surface area contributed by atoms with Gasteiger partial charge in [0.05, 0.1) is 20.1 Å². The largest absolute Gasteiger partial charge is 0.493 e. The van der Waals surface area contributed by atoms with Gasteiger partial charge in [-0.25, -0.2) is 0 Å². The Hall–Kier alpha value is -2.77. The van der Waals surface area contributed by atoms with Crippen molar-refractivity contribution in [3.05, 3.63) is 18.2 Å². The van der Waals surface area contributed by atoms with Gasteiger partial charge in [0.25, 0.3) is 0 Å². The Morgan fingerprint density at radius 1 is 1.12 bits per heavy atom. The Bertz CT molecular complexity index is 837. The highest BCUT2D eigenvalue weighted by atomic mass is 16.5. The molecule has 0 aromatic heterocycles. The van der Waals surface area contributed by atoms with E-state index in [0.717, 1.165) is 38.8 Å². The SMILES string of the molecule is CCC(C)C(NC(=O)C1CC(=O)N(c2ccc(OC)c(OC)c2)C1)C(=O)N1CCCCC1. The Morgan fingerprint density at radius 2 is 1.81 bits per heavy atom. The van der Waals surface area contributed by atoms with E-state index >= 15 is 0 Å². The summed E-state index contributed by atoms with van der Waals surface area (Å²) in [6, 6.07) is 4.70. The number of anilines is 1. The highest BCUT2D eigenvalue weighted by Crippen LogP contribution is 2.34. The minimum absolute atomic E-state index is 0.00605. The lowest BCUT2D eigenvalue weighted by Gasteiger charge is -2.33. The smallest absolute Gasteiger partial charge is 0.245 e. The maximum absolute atomic E-state index is 13.1. The summed E-state index contributed by atoms with van der Waals surface area (Å²) in [4.78, 5) is 42.4. The van der Waals surface area contributed by atoms with E-state index in [9.17, 15) is 14.4 Å². The molecule has 2 heterocycles. The van der Waals surface area contributed by atoms with Crippen LogP contribution >= 0.6 is 0 Å². The molecule has 0 saturated carbocycles. The van der Waals surface area contributed by atoms with Crippen molar-refractivity contribution in [3.8, 4) is 11.5 Å². The van der Waals surface area contributed by atoms with Crippen molar-refractivity contribution in [1.29, 1.82) is 0 Å². The monoisotopic (exact) mass is 445 g/mol. The molecule has 8 nitrogen and oxygen atoms in total. The van der Waals surface area contributed by atoms with E-state index < -0.39 is 12.0 Å². The zero-order valence-corrected chi connectivity index (χ0v) is 19.6. The van der Waals surface area contributed by atoms with Crippen molar-refractivity contribution < 1.29 is 23.9 Å². The van der Waals surface area contributed by atoms with Gasteiger partial charge in [0.1, 0.15) is 6.04 Å². The fourth-order valence-electron chi connectivity index (χ4n) is 4.39. The Labute approximate surface area is 190 Å². The van der Waals surface area contributed by atoms with Crippen molar-refractivity contribution in [3.63, 3.8) is 0 Å². The van der Waals surface area contributed by atoms with E-state index in [1.165, 1.54) is 7.11 Å². The molecule has 2 saturated heterocycles. The zero-order chi connectivity index (χ0) is 23.3. The van der Waals surface area contributed by atoms with Crippen LogP contribution in [0.2, 0.25) is 0 Å². The summed E-state index contributed by atoms with van der Waals surface area (Å²) in [5, 5.41) is 2.99. The Morgan fingerprint density at radius 3 is 2.44 bits per heavy atom. The molecule has 8 heteroatoms. The van der Waals surface area contributed by atoms with Crippen LogP contribution in [0, 0.1) is 11.8 Å². The van der Waals surface area contributed by atoms with Gasteiger partial charge in [0, 0.05) is 37.8 Å². The second-order valence-electron chi connectivity index (χ2n) is 8.70. The first-order valence-corrected chi connectivity index (χ1v) is 11.5. The fourth-order valence-corrected chi connectivity index (χ4v) is 4.39. The van der Waals surface area contributed by atoms with Crippen LogP contribution in [-0.4, -0.2) is 62.5 Å². The molecule has 1 N–H and O–H groups in total. The van der Waals surface area contributed by atoms with Crippen LogP contribution in [0.5, 0.6) is 11.5 Å². The average Bonchev–Trinajstić information content (AvgIpc) is 3.23. The average molecular weight is 446 g/mol. The molecular formula is C24H35N3O5. The predicted octanol–water partition coefficient (Wildman–Crippen LogP) is 2.60. The molecule has 3 rings (SSSR count). The summed E-state index contributed by atoms with van der Waals surface area (Å²) in [7, 11) is 3.09. The summed E-state index contributed by atoms with van der Waals surface area (Å²) in [6.07, 6.45) is 4.05. The predicted molar refractivity (Wildman–Crippen MR) is 122 cm³/mol. The molecule has 1 aromatic rings. The normalized spacial score (nSPS) is 20.6. The van der Waals surface area contributed by atoms with Gasteiger partial charge in [0.15, 0.2) is 11.5 Å². The van der Waals surface area contributed by atoms with Gasteiger partial charge in [-0.05, 0) is 37.3 Å². The third-order valence-corrected chi connectivity index (χ3v) is 6.62. The van der Waals surface area contributed by atoms with Crippen molar-refractivity contribution in [1.82, 2.24) is 10.2 Å². The molecule has 2 fully saturated rings. The number of amides is 3. The van der Waals surface area contributed by atoms with Crippen LogP contribution < -0.4 is 19.7 Å². The summed E-state index contributed by atoms with van der Waals surface area (Å²) in [5.74, 6) is 0.244. The maximum atomic E-state index is 13.1. The van der Waals surface area contributed by atoms with Gasteiger partial charge in [-0.3, -0.25) is 14.4 Å². The van der Waals surface area contributed by atoms with Gasteiger partial charge in [0.2, 0.25) is 17.7 Å². The number of piperidine rings is 1.